The Bertz CT molecular complexity index is 922. The third-order valence-electron chi connectivity index (χ3n) is 5.05. The van der Waals surface area contributed by atoms with Crippen molar-refractivity contribution in [1.82, 2.24) is 14.9 Å². The molecule has 1 fully saturated rings. The van der Waals surface area contributed by atoms with Crippen molar-refractivity contribution in [2.75, 3.05) is 13.1 Å². The van der Waals surface area contributed by atoms with Crippen molar-refractivity contribution in [2.45, 2.75) is 44.2 Å². The molecule has 2 amide bonds. The first-order chi connectivity index (χ1) is 13.5. The molecular weight excluding hydrogens is 374 g/mol. The zero-order valence-corrected chi connectivity index (χ0v) is 17.0. The summed E-state index contributed by atoms with van der Waals surface area (Å²) in [6, 6.07) is 14.4. The van der Waals surface area contributed by atoms with Gasteiger partial charge in [0.25, 0.3) is 0 Å². The Morgan fingerprint density at radius 3 is 2.14 bits per heavy atom. The zero-order chi connectivity index (χ0) is 20.0. The van der Waals surface area contributed by atoms with E-state index in [1.165, 1.54) is 0 Å². The van der Waals surface area contributed by atoms with Crippen molar-refractivity contribution in [3.05, 3.63) is 65.2 Å². The van der Waals surface area contributed by atoms with Gasteiger partial charge < -0.3 is 10.6 Å². The van der Waals surface area contributed by atoms with Crippen molar-refractivity contribution in [1.29, 1.82) is 0 Å². The molecule has 0 saturated carbocycles. The van der Waals surface area contributed by atoms with E-state index in [0.29, 0.717) is 25.2 Å². The van der Waals surface area contributed by atoms with Crippen LogP contribution in [-0.2, 0) is 23.1 Å². The van der Waals surface area contributed by atoms with Crippen LogP contribution in [0.4, 0.5) is 4.79 Å². The van der Waals surface area contributed by atoms with Crippen LogP contribution in [0.25, 0.3) is 0 Å². The van der Waals surface area contributed by atoms with E-state index in [1.807, 2.05) is 31.2 Å². The number of carbonyl (C=O) groups excluding carboxylic acids is 1. The molecule has 1 saturated heterocycles. The Balaban J connectivity index is 1.63. The van der Waals surface area contributed by atoms with Gasteiger partial charge in [0, 0.05) is 26.2 Å². The second-order valence-corrected chi connectivity index (χ2v) is 8.94. The first-order valence-electron chi connectivity index (χ1n) is 9.63. The Labute approximate surface area is 167 Å². The summed E-state index contributed by atoms with van der Waals surface area (Å²) >= 11 is 0. The number of benzene rings is 2. The van der Waals surface area contributed by atoms with Crippen molar-refractivity contribution in [2.24, 2.45) is 0 Å². The van der Waals surface area contributed by atoms with Crippen LogP contribution in [0.15, 0.2) is 53.4 Å². The lowest BCUT2D eigenvalue weighted by atomic mass is 10.1. The number of carbonyl (C=O) groups is 1. The van der Waals surface area contributed by atoms with Crippen LogP contribution in [0.1, 0.15) is 36.0 Å². The topological polar surface area (TPSA) is 78.5 Å². The van der Waals surface area contributed by atoms with E-state index in [9.17, 15) is 13.2 Å². The molecule has 3 rings (SSSR count). The number of hydrogen-bond donors (Lipinski definition) is 2. The largest absolute Gasteiger partial charge is 0.334 e. The molecule has 28 heavy (non-hydrogen) atoms. The summed E-state index contributed by atoms with van der Waals surface area (Å²) in [4.78, 5) is 12.5. The molecule has 0 unspecified atom stereocenters. The Hall–Kier alpha value is -2.38. The lowest BCUT2D eigenvalue weighted by molar-refractivity contribution is 0.240. The molecule has 2 aromatic rings. The second kappa shape index (κ2) is 9.21. The highest BCUT2D eigenvalue weighted by Crippen LogP contribution is 2.23. The fraction of sp³-hybridized carbons (Fsp3) is 0.381. The Morgan fingerprint density at radius 2 is 1.46 bits per heavy atom. The van der Waals surface area contributed by atoms with Crippen molar-refractivity contribution in [3.63, 3.8) is 0 Å². The van der Waals surface area contributed by atoms with Crippen LogP contribution in [-0.4, -0.2) is 31.8 Å². The van der Waals surface area contributed by atoms with Gasteiger partial charge in [0.2, 0.25) is 10.0 Å². The minimum atomic E-state index is -3.54. The maximum Gasteiger partial charge on any atom is 0.315 e. The molecule has 0 bridgehead atoms. The van der Waals surface area contributed by atoms with Gasteiger partial charge in [-0.2, -0.15) is 4.31 Å². The van der Waals surface area contributed by atoms with Crippen LogP contribution in [0, 0.1) is 6.92 Å². The molecule has 7 heteroatoms. The number of amides is 2. The first-order valence-corrected chi connectivity index (χ1v) is 11.1. The third-order valence-corrected chi connectivity index (χ3v) is 7.04. The minimum absolute atomic E-state index is 0.156. The molecule has 0 aromatic heterocycles. The van der Waals surface area contributed by atoms with Gasteiger partial charge in [-0.05, 0) is 42.5 Å². The van der Waals surface area contributed by atoms with Crippen LogP contribution in [0.2, 0.25) is 0 Å². The van der Waals surface area contributed by atoms with E-state index in [0.717, 1.165) is 30.4 Å². The van der Waals surface area contributed by atoms with Crippen LogP contribution in [0.5, 0.6) is 0 Å². The smallest absolute Gasteiger partial charge is 0.315 e. The summed E-state index contributed by atoms with van der Waals surface area (Å²) < 4.78 is 27.5. The number of piperidine rings is 1. The molecule has 150 valence electrons. The number of rotatable bonds is 6. The van der Waals surface area contributed by atoms with Crippen LogP contribution < -0.4 is 10.6 Å². The van der Waals surface area contributed by atoms with Crippen molar-refractivity contribution in [3.8, 4) is 0 Å². The standard InChI is InChI=1S/C21H27N3O3S/c1-17-9-3-4-10-18(17)15-22-21(25)23-16-19-11-5-6-12-20(19)28(26,27)24-13-7-2-8-14-24/h3-6,9-12H,2,7-8,13-16H2,1H3,(H2,22,23,25). The molecule has 0 spiro atoms. The molecule has 1 aliphatic heterocycles. The van der Waals surface area contributed by atoms with Crippen molar-refractivity contribution < 1.29 is 13.2 Å². The number of hydrogen-bond acceptors (Lipinski definition) is 3. The summed E-state index contributed by atoms with van der Waals surface area (Å²) in [7, 11) is -3.54. The SMILES string of the molecule is Cc1ccccc1CNC(=O)NCc1ccccc1S(=O)(=O)N1CCCCC1. The second-order valence-electron chi connectivity index (χ2n) is 7.04. The molecule has 0 radical (unpaired) electrons. The minimum Gasteiger partial charge on any atom is -0.334 e. The number of nitrogens with zero attached hydrogens (tertiary/aromatic N) is 1. The highest BCUT2D eigenvalue weighted by Gasteiger charge is 2.27. The molecule has 0 atom stereocenters. The van der Waals surface area contributed by atoms with Gasteiger partial charge in [0.05, 0.1) is 4.90 Å². The number of aryl methyl sites for hydroxylation is 1. The van der Waals surface area contributed by atoms with E-state index in [4.69, 9.17) is 0 Å². The molecule has 2 aromatic carbocycles. The average Bonchev–Trinajstić information content (AvgIpc) is 2.72. The average molecular weight is 402 g/mol. The van der Waals surface area contributed by atoms with Gasteiger partial charge in [0.15, 0.2) is 0 Å². The fourth-order valence-electron chi connectivity index (χ4n) is 3.37. The predicted molar refractivity (Wildman–Crippen MR) is 109 cm³/mol. The third kappa shape index (κ3) is 4.91. The van der Waals surface area contributed by atoms with Crippen LogP contribution >= 0.6 is 0 Å². The highest BCUT2D eigenvalue weighted by atomic mass is 32.2. The number of sulfonamides is 1. The van der Waals surface area contributed by atoms with Gasteiger partial charge in [-0.15, -0.1) is 0 Å². The van der Waals surface area contributed by atoms with Gasteiger partial charge in [-0.3, -0.25) is 0 Å². The maximum atomic E-state index is 13.0. The van der Waals surface area contributed by atoms with E-state index >= 15 is 0 Å². The fourth-order valence-corrected chi connectivity index (χ4v) is 5.11. The highest BCUT2D eigenvalue weighted by molar-refractivity contribution is 7.89. The van der Waals surface area contributed by atoms with Gasteiger partial charge in [0.1, 0.15) is 0 Å². The first kappa shape index (κ1) is 20.4. The zero-order valence-electron chi connectivity index (χ0n) is 16.1. The summed E-state index contributed by atoms with van der Waals surface area (Å²) in [5.41, 5.74) is 2.76. The van der Waals surface area contributed by atoms with Gasteiger partial charge in [-0.1, -0.05) is 48.9 Å². The summed E-state index contributed by atoms with van der Waals surface area (Å²) in [5.74, 6) is 0. The van der Waals surface area contributed by atoms with Crippen molar-refractivity contribution >= 4 is 16.1 Å². The van der Waals surface area contributed by atoms with E-state index < -0.39 is 10.0 Å². The summed E-state index contributed by atoms with van der Waals surface area (Å²) in [6.45, 7) is 3.69. The molecule has 1 heterocycles. The Kier molecular flexibility index (Phi) is 6.70. The van der Waals surface area contributed by atoms with E-state index in [2.05, 4.69) is 10.6 Å². The predicted octanol–water partition coefficient (Wildman–Crippen LogP) is 3.17. The Morgan fingerprint density at radius 1 is 0.893 bits per heavy atom. The normalized spacial score (nSPS) is 15.2. The van der Waals surface area contributed by atoms with Crippen LogP contribution in [0.3, 0.4) is 0 Å². The maximum absolute atomic E-state index is 13.0. The molecule has 0 aliphatic carbocycles. The van der Waals surface area contributed by atoms with E-state index in [1.54, 1.807) is 28.6 Å². The quantitative estimate of drug-likeness (QED) is 0.780. The number of urea groups is 1. The molecule has 6 nitrogen and oxygen atoms in total. The molecule has 1 aliphatic rings. The van der Waals surface area contributed by atoms with Gasteiger partial charge >= 0.3 is 6.03 Å². The summed E-state index contributed by atoms with van der Waals surface area (Å²) in [5, 5.41) is 5.59. The monoisotopic (exact) mass is 401 g/mol. The lowest BCUT2D eigenvalue weighted by Gasteiger charge is -2.26. The molecule has 2 N–H and O–H groups in total. The van der Waals surface area contributed by atoms with Gasteiger partial charge in [-0.25, -0.2) is 13.2 Å². The van der Waals surface area contributed by atoms with E-state index in [-0.39, 0.29) is 17.5 Å². The molecular formula is C21H27N3O3S. The lowest BCUT2D eigenvalue weighted by Crippen LogP contribution is -2.37. The summed E-state index contributed by atoms with van der Waals surface area (Å²) in [6.07, 6.45) is 2.85. The number of nitrogens with one attached hydrogen (secondary N) is 2.